The highest BCUT2D eigenvalue weighted by atomic mass is 32.2. The first kappa shape index (κ1) is 17.1. The number of thioether (sulfide) groups is 1. The molecule has 0 saturated carbocycles. The first-order chi connectivity index (χ1) is 10.0. The maximum atomic E-state index is 12.1. The van der Waals surface area contributed by atoms with Crippen LogP contribution in [0.25, 0.3) is 0 Å². The van der Waals surface area contributed by atoms with Crippen LogP contribution in [0.1, 0.15) is 6.42 Å². The molecule has 0 atom stereocenters. The lowest BCUT2D eigenvalue weighted by Gasteiger charge is -2.26. The van der Waals surface area contributed by atoms with Crippen molar-refractivity contribution in [1.82, 2.24) is 0 Å². The lowest BCUT2D eigenvalue weighted by molar-refractivity contribution is -0.155. The Kier molecular flexibility index (Phi) is 6.30. The van der Waals surface area contributed by atoms with Crippen molar-refractivity contribution in [3.63, 3.8) is 0 Å². The molecule has 114 valence electrons. The van der Waals surface area contributed by atoms with Gasteiger partial charge in [-0.05, 0) is 24.3 Å². The molecule has 0 unspecified atom stereocenters. The number of ether oxygens (including phenoxy) is 3. The van der Waals surface area contributed by atoms with Gasteiger partial charge in [0.05, 0.1) is 21.3 Å². The molecule has 0 aliphatic rings. The van der Waals surface area contributed by atoms with Gasteiger partial charge in [0.2, 0.25) is 4.75 Å². The van der Waals surface area contributed by atoms with Crippen LogP contribution in [0.5, 0.6) is 5.75 Å². The molecule has 0 saturated heterocycles. The fourth-order valence-corrected chi connectivity index (χ4v) is 2.96. The van der Waals surface area contributed by atoms with Crippen molar-refractivity contribution < 1.29 is 23.8 Å². The molecule has 0 N–H and O–H groups in total. The summed E-state index contributed by atoms with van der Waals surface area (Å²) in [7, 11) is 4.03. The van der Waals surface area contributed by atoms with Crippen LogP contribution >= 0.6 is 11.8 Å². The Hall–Kier alpha value is -1.95. The van der Waals surface area contributed by atoms with E-state index in [4.69, 9.17) is 14.2 Å². The Morgan fingerprint density at radius 3 is 2.05 bits per heavy atom. The van der Waals surface area contributed by atoms with E-state index in [1.807, 2.05) is 0 Å². The minimum absolute atomic E-state index is 0.100. The second-order valence-corrected chi connectivity index (χ2v) is 5.45. The second-order valence-electron chi connectivity index (χ2n) is 4.08. The number of esters is 2. The number of benzene rings is 1. The van der Waals surface area contributed by atoms with E-state index in [9.17, 15) is 9.59 Å². The van der Waals surface area contributed by atoms with Gasteiger partial charge in [-0.2, -0.15) is 0 Å². The van der Waals surface area contributed by atoms with Crippen molar-refractivity contribution in [2.24, 2.45) is 0 Å². The van der Waals surface area contributed by atoms with Gasteiger partial charge < -0.3 is 14.2 Å². The van der Waals surface area contributed by atoms with Crippen LogP contribution in [-0.2, 0) is 19.1 Å². The van der Waals surface area contributed by atoms with Gasteiger partial charge in [-0.1, -0.05) is 17.8 Å². The average molecular weight is 310 g/mol. The van der Waals surface area contributed by atoms with Crippen molar-refractivity contribution in [3.05, 3.63) is 36.9 Å². The van der Waals surface area contributed by atoms with Gasteiger partial charge in [0.1, 0.15) is 5.75 Å². The fraction of sp³-hybridized carbons (Fsp3) is 0.333. The zero-order valence-corrected chi connectivity index (χ0v) is 13.1. The molecule has 21 heavy (non-hydrogen) atoms. The predicted molar refractivity (Wildman–Crippen MR) is 80.4 cm³/mol. The van der Waals surface area contributed by atoms with Gasteiger partial charge in [-0.15, -0.1) is 6.58 Å². The average Bonchev–Trinajstić information content (AvgIpc) is 2.53. The van der Waals surface area contributed by atoms with Crippen molar-refractivity contribution >= 4 is 23.7 Å². The number of carbonyl (C=O) groups excluding carboxylic acids is 2. The third-order valence-electron chi connectivity index (χ3n) is 2.81. The van der Waals surface area contributed by atoms with Crippen LogP contribution in [-0.4, -0.2) is 38.0 Å². The van der Waals surface area contributed by atoms with E-state index in [-0.39, 0.29) is 6.42 Å². The van der Waals surface area contributed by atoms with Gasteiger partial charge in [0.15, 0.2) is 0 Å². The van der Waals surface area contributed by atoms with E-state index in [1.165, 1.54) is 20.3 Å². The van der Waals surface area contributed by atoms with Crippen LogP contribution in [0.2, 0.25) is 0 Å². The van der Waals surface area contributed by atoms with E-state index >= 15 is 0 Å². The van der Waals surface area contributed by atoms with Gasteiger partial charge in [0.25, 0.3) is 0 Å². The molecule has 0 amide bonds. The van der Waals surface area contributed by atoms with Crippen LogP contribution in [0.15, 0.2) is 41.8 Å². The standard InChI is InChI=1S/C15H18O5S/c1-5-10-15(13(16)19-3,14(17)20-4)21-12-8-6-11(18-2)7-9-12/h5-9H,1,10H2,2-4H3. The molecule has 0 aromatic heterocycles. The maximum absolute atomic E-state index is 12.1. The van der Waals surface area contributed by atoms with Gasteiger partial charge in [-0.25, -0.2) is 9.59 Å². The third kappa shape index (κ3) is 3.78. The summed E-state index contributed by atoms with van der Waals surface area (Å²) in [6, 6.07) is 7.01. The van der Waals surface area contributed by atoms with Crippen LogP contribution in [0.3, 0.4) is 0 Å². The quantitative estimate of drug-likeness (QED) is 0.334. The van der Waals surface area contributed by atoms with Crippen molar-refractivity contribution in [2.45, 2.75) is 16.1 Å². The summed E-state index contributed by atoms with van der Waals surface area (Å²) in [4.78, 5) is 25.0. The van der Waals surface area contributed by atoms with E-state index in [1.54, 1.807) is 31.4 Å². The smallest absolute Gasteiger partial charge is 0.334 e. The van der Waals surface area contributed by atoms with Crippen molar-refractivity contribution in [3.8, 4) is 5.75 Å². The molecule has 0 fully saturated rings. The highest BCUT2D eigenvalue weighted by molar-refractivity contribution is 8.02. The first-order valence-electron chi connectivity index (χ1n) is 6.15. The molecule has 5 nitrogen and oxygen atoms in total. The minimum atomic E-state index is -1.50. The number of rotatable bonds is 7. The number of allylic oxidation sites excluding steroid dienone is 1. The Bertz CT molecular complexity index is 493. The van der Waals surface area contributed by atoms with Gasteiger partial charge in [0, 0.05) is 11.3 Å². The molecule has 0 aliphatic heterocycles. The fourth-order valence-electron chi connectivity index (χ4n) is 1.75. The van der Waals surface area contributed by atoms with E-state index in [2.05, 4.69) is 6.58 Å². The van der Waals surface area contributed by atoms with Crippen LogP contribution in [0.4, 0.5) is 0 Å². The largest absolute Gasteiger partial charge is 0.497 e. The van der Waals surface area contributed by atoms with Crippen molar-refractivity contribution in [2.75, 3.05) is 21.3 Å². The zero-order chi connectivity index (χ0) is 15.9. The zero-order valence-electron chi connectivity index (χ0n) is 12.3. The molecule has 1 aromatic carbocycles. The number of hydrogen-bond donors (Lipinski definition) is 0. The number of carbonyl (C=O) groups is 2. The third-order valence-corrected chi connectivity index (χ3v) is 4.17. The predicted octanol–water partition coefficient (Wildman–Crippen LogP) is 2.45. The summed E-state index contributed by atoms with van der Waals surface area (Å²) in [6.07, 6.45) is 1.59. The molecule has 0 spiro atoms. The lowest BCUT2D eigenvalue weighted by Crippen LogP contribution is -2.44. The molecular weight excluding hydrogens is 292 g/mol. The molecule has 0 aliphatic carbocycles. The Labute approximate surface area is 128 Å². The lowest BCUT2D eigenvalue weighted by atomic mass is 10.1. The summed E-state index contributed by atoms with van der Waals surface area (Å²) in [5.74, 6) is -0.657. The highest BCUT2D eigenvalue weighted by Gasteiger charge is 2.48. The SMILES string of the molecule is C=CCC(Sc1ccc(OC)cc1)(C(=O)OC)C(=O)OC. The molecule has 1 rings (SSSR count). The summed E-state index contributed by atoms with van der Waals surface area (Å²) in [6.45, 7) is 3.60. The molecule has 0 radical (unpaired) electrons. The Morgan fingerprint density at radius 2 is 1.67 bits per heavy atom. The van der Waals surface area contributed by atoms with Crippen molar-refractivity contribution in [1.29, 1.82) is 0 Å². The molecule has 1 aromatic rings. The first-order valence-corrected chi connectivity index (χ1v) is 6.96. The topological polar surface area (TPSA) is 61.8 Å². The number of hydrogen-bond acceptors (Lipinski definition) is 6. The van der Waals surface area contributed by atoms with Gasteiger partial charge >= 0.3 is 11.9 Å². The summed E-state index contributed by atoms with van der Waals surface area (Å²) < 4.78 is 13.1. The summed E-state index contributed by atoms with van der Waals surface area (Å²) in [5.41, 5.74) is 0. The summed E-state index contributed by atoms with van der Waals surface area (Å²) in [5, 5.41) is 0. The molecular formula is C15H18O5S. The monoisotopic (exact) mass is 310 g/mol. The van der Waals surface area contributed by atoms with E-state index < -0.39 is 16.7 Å². The summed E-state index contributed by atoms with van der Waals surface area (Å²) >= 11 is 1.07. The van der Waals surface area contributed by atoms with Crippen LogP contribution in [0, 0.1) is 0 Å². The van der Waals surface area contributed by atoms with E-state index in [0.717, 1.165) is 11.8 Å². The Balaban J connectivity index is 3.17. The second kappa shape index (κ2) is 7.73. The minimum Gasteiger partial charge on any atom is -0.497 e. The van der Waals surface area contributed by atoms with E-state index in [0.29, 0.717) is 10.6 Å². The molecule has 6 heteroatoms. The maximum Gasteiger partial charge on any atom is 0.334 e. The number of methoxy groups -OCH3 is 3. The highest BCUT2D eigenvalue weighted by Crippen LogP contribution is 2.39. The Morgan fingerprint density at radius 1 is 1.14 bits per heavy atom. The molecule has 0 heterocycles. The molecule has 0 bridgehead atoms. The normalized spacial score (nSPS) is 10.6. The van der Waals surface area contributed by atoms with Gasteiger partial charge in [-0.3, -0.25) is 0 Å². The van der Waals surface area contributed by atoms with Crippen LogP contribution < -0.4 is 4.74 Å².